The molecule has 1 heterocycles. The van der Waals surface area contributed by atoms with Crippen LogP contribution in [0.25, 0.3) is 22.6 Å². The summed E-state index contributed by atoms with van der Waals surface area (Å²) in [5.41, 5.74) is 4.99. The predicted molar refractivity (Wildman–Crippen MR) is 106 cm³/mol. The van der Waals surface area contributed by atoms with E-state index in [0.29, 0.717) is 17.2 Å². The van der Waals surface area contributed by atoms with E-state index in [1.54, 1.807) is 24.4 Å². The average molecular weight is 358 g/mol. The first-order chi connectivity index (χ1) is 13.1. The van der Waals surface area contributed by atoms with E-state index in [1.807, 2.05) is 49.4 Å². The summed E-state index contributed by atoms with van der Waals surface area (Å²) in [6.45, 7) is 2.03. The molecule has 0 bridgehead atoms. The third kappa shape index (κ3) is 3.40. The highest BCUT2D eigenvalue weighted by Crippen LogP contribution is 2.29. The molecule has 0 saturated carbocycles. The van der Waals surface area contributed by atoms with E-state index in [9.17, 15) is 5.11 Å². The zero-order valence-electron chi connectivity index (χ0n) is 15.0. The number of aromatic nitrogens is 1. The molecule has 5 heteroatoms. The van der Waals surface area contributed by atoms with Crippen molar-refractivity contribution in [2.75, 3.05) is 7.11 Å². The summed E-state index contributed by atoms with van der Waals surface area (Å²) in [6.07, 6.45) is 1.61. The Kier molecular flexibility index (Phi) is 4.34. The van der Waals surface area contributed by atoms with Crippen molar-refractivity contribution >= 4 is 23.0 Å². The normalized spacial score (nSPS) is 11.3. The Hall–Kier alpha value is -3.60. The van der Waals surface area contributed by atoms with Gasteiger partial charge in [0.15, 0.2) is 17.1 Å². The average Bonchev–Trinajstić information content (AvgIpc) is 3.11. The Bertz CT molecular complexity index is 1130. The van der Waals surface area contributed by atoms with Crippen LogP contribution in [0.1, 0.15) is 11.1 Å². The van der Waals surface area contributed by atoms with Crippen LogP contribution >= 0.6 is 0 Å². The van der Waals surface area contributed by atoms with E-state index >= 15 is 0 Å². The summed E-state index contributed by atoms with van der Waals surface area (Å²) in [4.78, 5) is 8.96. The van der Waals surface area contributed by atoms with Crippen LogP contribution in [0, 0.1) is 6.92 Å². The second-order valence-electron chi connectivity index (χ2n) is 6.19. The highest BCUT2D eigenvalue weighted by molar-refractivity contribution is 5.86. The molecule has 0 saturated heterocycles. The Morgan fingerprint density at radius 2 is 1.89 bits per heavy atom. The lowest BCUT2D eigenvalue weighted by Crippen LogP contribution is -1.88. The number of aromatic hydroxyl groups is 1. The van der Waals surface area contributed by atoms with Gasteiger partial charge < -0.3 is 14.3 Å². The minimum absolute atomic E-state index is 0.0714. The number of fused-ring (bicyclic) bond motifs is 1. The third-order valence-electron chi connectivity index (χ3n) is 4.26. The summed E-state index contributed by atoms with van der Waals surface area (Å²) in [6, 6.07) is 18.8. The molecule has 1 N–H and O–H groups in total. The van der Waals surface area contributed by atoms with Crippen molar-refractivity contribution in [1.82, 2.24) is 4.98 Å². The highest BCUT2D eigenvalue weighted by Gasteiger charge is 2.08. The van der Waals surface area contributed by atoms with Gasteiger partial charge in [-0.3, -0.25) is 4.99 Å². The van der Waals surface area contributed by atoms with Gasteiger partial charge in [-0.15, -0.1) is 0 Å². The highest BCUT2D eigenvalue weighted by atomic mass is 16.5. The number of aryl methyl sites for hydroxylation is 1. The topological polar surface area (TPSA) is 67.9 Å². The molecule has 0 amide bonds. The predicted octanol–water partition coefficient (Wildman–Crippen LogP) is 5.27. The van der Waals surface area contributed by atoms with Gasteiger partial charge in [0, 0.05) is 17.3 Å². The third-order valence-corrected chi connectivity index (χ3v) is 4.26. The minimum atomic E-state index is 0.0714. The molecule has 0 unspecified atom stereocenters. The second kappa shape index (κ2) is 6.96. The molecule has 0 radical (unpaired) electrons. The van der Waals surface area contributed by atoms with Crippen LogP contribution < -0.4 is 4.74 Å². The van der Waals surface area contributed by atoms with Crippen molar-refractivity contribution in [2.24, 2.45) is 4.99 Å². The molecule has 0 aliphatic heterocycles. The number of nitrogens with zero attached hydrogens (tertiary/aromatic N) is 2. The molecule has 1 aromatic heterocycles. The molecule has 0 atom stereocenters. The maximum Gasteiger partial charge on any atom is 0.227 e. The van der Waals surface area contributed by atoms with Gasteiger partial charge >= 0.3 is 0 Å². The number of benzene rings is 3. The molecule has 0 aliphatic carbocycles. The molecule has 27 heavy (non-hydrogen) atoms. The standard InChI is InChI=1S/C22H18N2O3/c1-14-6-11-19-18(12-14)24-22(27-19)15-7-9-17(10-8-15)23-13-16-4-3-5-20(26-2)21(16)25/h3-13,25H,1-2H3. The molecule has 0 spiro atoms. The first kappa shape index (κ1) is 16.8. The number of aliphatic imine (C=N–C) groups is 1. The number of phenolic OH excluding ortho intramolecular Hbond substituents is 1. The van der Waals surface area contributed by atoms with Gasteiger partial charge in [0.2, 0.25) is 5.89 Å². The van der Waals surface area contributed by atoms with Gasteiger partial charge in [0.05, 0.1) is 12.8 Å². The lowest BCUT2D eigenvalue weighted by Gasteiger charge is -2.04. The summed E-state index contributed by atoms with van der Waals surface area (Å²) in [7, 11) is 1.52. The van der Waals surface area contributed by atoms with E-state index in [1.165, 1.54) is 7.11 Å². The number of hydrogen-bond acceptors (Lipinski definition) is 5. The first-order valence-corrected chi connectivity index (χ1v) is 8.52. The zero-order valence-corrected chi connectivity index (χ0v) is 15.0. The van der Waals surface area contributed by atoms with Gasteiger partial charge in [-0.1, -0.05) is 12.1 Å². The molecule has 0 fully saturated rings. The molecule has 5 nitrogen and oxygen atoms in total. The van der Waals surface area contributed by atoms with E-state index in [2.05, 4.69) is 9.98 Å². The number of methoxy groups -OCH3 is 1. The van der Waals surface area contributed by atoms with Gasteiger partial charge in [0.25, 0.3) is 0 Å². The number of phenols is 1. The molecule has 0 aliphatic rings. The number of oxazole rings is 1. The number of rotatable bonds is 4. The number of para-hydroxylation sites is 1. The van der Waals surface area contributed by atoms with Crippen molar-refractivity contribution in [3.63, 3.8) is 0 Å². The van der Waals surface area contributed by atoms with Crippen LogP contribution in [-0.4, -0.2) is 23.4 Å². The molecular weight excluding hydrogens is 340 g/mol. The van der Waals surface area contributed by atoms with Gasteiger partial charge in [-0.25, -0.2) is 4.98 Å². The summed E-state index contributed by atoms with van der Waals surface area (Å²) < 4.78 is 10.9. The van der Waals surface area contributed by atoms with Crippen molar-refractivity contribution in [1.29, 1.82) is 0 Å². The SMILES string of the molecule is COc1cccc(C=Nc2ccc(-c3nc4cc(C)ccc4o3)cc2)c1O. The monoisotopic (exact) mass is 358 g/mol. The Morgan fingerprint density at radius 1 is 1.07 bits per heavy atom. The van der Waals surface area contributed by atoms with Crippen LogP contribution in [-0.2, 0) is 0 Å². The van der Waals surface area contributed by atoms with Crippen LogP contribution in [0.3, 0.4) is 0 Å². The quantitative estimate of drug-likeness (QED) is 0.505. The second-order valence-corrected chi connectivity index (χ2v) is 6.19. The largest absolute Gasteiger partial charge is 0.504 e. The number of ether oxygens (including phenoxy) is 1. The Labute approximate surface area is 156 Å². The van der Waals surface area contributed by atoms with Crippen molar-refractivity contribution in [2.45, 2.75) is 6.92 Å². The smallest absolute Gasteiger partial charge is 0.227 e. The Balaban J connectivity index is 1.58. The molecule has 4 aromatic rings. The van der Waals surface area contributed by atoms with Crippen LogP contribution in [0.2, 0.25) is 0 Å². The van der Waals surface area contributed by atoms with Gasteiger partial charge in [0.1, 0.15) is 5.52 Å². The van der Waals surface area contributed by atoms with E-state index in [-0.39, 0.29) is 5.75 Å². The van der Waals surface area contributed by atoms with Crippen molar-refractivity contribution in [3.05, 3.63) is 71.8 Å². The lowest BCUT2D eigenvalue weighted by molar-refractivity contribution is 0.373. The lowest BCUT2D eigenvalue weighted by atomic mass is 10.2. The van der Waals surface area contributed by atoms with Crippen LogP contribution in [0.15, 0.2) is 70.1 Å². The molecule has 3 aromatic carbocycles. The maximum atomic E-state index is 10.1. The molecular formula is C22H18N2O3. The van der Waals surface area contributed by atoms with Crippen LogP contribution in [0.5, 0.6) is 11.5 Å². The minimum Gasteiger partial charge on any atom is -0.504 e. The zero-order chi connectivity index (χ0) is 18.8. The summed E-state index contributed by atoms with van der Waals surface area (Å²) >= 11 is 0. The van der Waals surface area contributed by atoms with Crippen molar-refractivity contribution < 1.29 is 14.3 Å². The van der Waals surface area contributed by atoms with Crippen molar-refractivity contribution in [3.8, 4) is 23.0 Å². The van der Waals surface area contributed by atoms with Gasteiger partial charge in [-0.05, 0) is 61.0 Å². The first-order valence-electron chi connectivity index (χ1n) is 8.52. The summed E-state index contributed by atoms with van der Waals surface area (Å²) in [5, 5.41) is 10.1. The van der Waals surface area contributed by atoms with Crippen LogP contribution in [0.4, 0.5) is 5.69 Å². The molecule has 134 valence electrons. The fourth-order valence-electron chi connectivity index (χ4n) is 2.80. The van der Waals surface area contributed by atoms with E-state index < -0.39 is 0 Å². The number of hydrogen-bond donors (Lipinski definition) is 1. The Morgan fingerprint density at radius 3 is 2.67 bits per heavy atom. The van der Waals surface area contributed by atoms with Gasteiger partial charge in [-0.2, -0.15) is 0 Å². The molecule has 4 rings (SSSR count). The fourth-order valence-corrected chi connectivity index (χ4v) is 2.80. The maximum absolute atomic E-state index is 10.1. The summed E-state index contributed by atoms with van der Waals surface area (Å²) in [5.74, 6) is 1.07. The van der Waals surface area contributed by atoms with E-state index in [0.717, 1.165) is 27.9 Å². The fraction of sp³-hybridized carbons (Fsp3) is 0.0909. The van der Waals surface area contributed by atoms with E-state index in [4.69, 9.17) is 9.15 Å².